The van der Waals surface area contributed by atoms with Gasteiger partial charge in [-0.05, 0) is 43.9 Å². The van der Waals surface area contributed by atoms with Crippen LogP contribution >= 0.6 is 0 Å². The van der Waals surface area contributed by atoms with Gasteiger partial charge in [-0.15, -0.1) is 0 Å². The maximum atomic E-state index is 12.1. The van der Waals surface area contributed by atoms with E-state index in [0.717, 1.165) is 17.7 Å². The zero-order chi connectivity index (χ0) is 13.9. The third-order valence-electron chi connectivity index (χ3n) is 3.82. The fourth-order valence-electron chi connectivity index (χ4n) is 2.23. The van der Waals surface area contributed by atoms with E-state index in [-0.39, 0.29) is 11.9 Å². The summed E-state index contributed by atoms with van der Waals surface area (Å²) >= 11 is 0. The molecule has 1 aliphatic rings. The van der Waals surface area contributed by atoms with Crippen molar-refractivity contribution in [2.75, 3.05) is 7.11 Å². The molecule has 0 radical (unpaired) electrons. The Balaban J connectivity index is 2.02. The highest BCUT2D eigenvalue weighted by Gasteiger charge is 2.44. The number of nitriles is 1. The molecule has 0 saturated heterocycles. The molecule has 0 bridgehead atoms. The molecule has 1 atom stereocenters. The molecular formula is C15H18N2O2. The van der Waals surface area contributed by atoms with E-state index in [1.54, 1.807) is 7.11 Å². The Kier molecular flexibility index (Phi) is 3.75. The molecule has 4 heteroatoms. The van der Waals surface area contributed by atoms with E-state index in [0.29, 0.717) is 12.8 Å². The minimum Gasteiger partial charge on any atom is -0.497 e. The molecule has 0 heterocycles. The van der Waals surface area contributed by atoms with Gasteiger partial charge in [0.05, 0.1) is 19.2 Å². The lowest BCUT2D eigenvalue weighted by atomic mass is 9.69. The summed E-state index contributed by atoms with van der Waals surface area (Å²) in [5.41, 5.74) is 0.211. The first-order chi connectivity index (χ1) is 9.11. The molecule has 0 aliphatic heterocycles. The molecule has 1 aromatic rings. The van der Waals surface area contributed by atoms with Crippen LogP contribution in [0.2, 0.25) is 0 Å². The highest BCUT2D eigenvalue weighted by atomic mass is 16.5. The lowest BCUT2D eigenvalue weighted by Crippen LogP contribution is -2.45. The molecule has 1 N–H and O–H groups in total. The largest absolute Gasteiger partial charge is 0.497 e. The van der Waals surface area contributed by atoms with Gasteiger partial charge in [-0.3, -0.25) is 4.79 Å². The molecule has 2 rings (SSSR count). The zero-order valence-electron chi connectivity index (χ0n) is 11.3. The summed E-state index contributed by atoms with van der Waals surface area (Å²) in [5.74, 6) is 0.638. The van der Waals surface area contributed by atoms with Crippen LogP contribution in [0, 0.1) is 16.7 Å². The Morgan fingerprint density at radius 3 is 2.47 bits per heavy atom. The van der Waals surface area contributed by atoms with Gasteiger partial charge in [0.25, 0.3) is 0 Å². The van der Waals surface area contributed by atoms with Crippen LogP contribution in [0.5, 0.6) is 5.75 Å². The molecule has 0 aromatic heterocycles. The summed E-state index contributed by atoms with van der Waals surface area (Å²) in [5, 5.41) is 12.1. The van der Waals surface area contributed by atoms with Crippen LogP contribution in [0.3, 0.4) is 0 Å². The summed E-state index contributed by atoms with van der Waals surface area (Å²) in [6, 6.07) is 9.62. The van der Waals surface area contributed by atoms with E-state index in [4.69, 9.17) is 10.00 Å². The van der Waals surface area contributed by atoms with Crippen molar-refractivity contribution in [3.8, 4) is 11.8 Å². The fraction of sp³-hybridized carbons (Fsp3) is 0.467. The average Bonchev–Trinajstić information content (AvgIpc) is 2.38. The number of methoxy groups -OCH3 is 1. The van der Waals surface area contributed by atoms with Gasteiger partial charge in [-0.2, -0.15) is 5.26 Å². The molecular weight excluding hydrogens is 240 g/mol. The molecule has 19 heavy (non-hydrogen) atoms. The Morgan fingerprint density at radius 1 is 1.42 bits per heavy atom. The molecule has 1 aromatic carbocycles. The summed E-state index contributed by atoms with van der Waals surface area (Å²) < 4.78 is 5.10. The first-order valence-electron chi connectivity index (χ1n) is 6.47. The highest BCUT2D eigenvalue weighted by molar-refractivity contribution is 5.86. The number of carbonyl (C=O) groups excluding carboxylic acids is 1. The van der Waals surface area contributed by atoms with Gasteiger partial charge in [0.1, 0.15) is 11.2 Å². The molecule has 1 amide bonds. The maximum Gasteiger partial charge on any atom is 0.240 e. The van der Waals surface area contributed by atoms with E-state index < -0.39 is 5.41 Å². The number of carbonyl (C=O) groups is 1. The predicted molar refractivity (Wildman–Crippen MR) is 71.4 cm³/mol. The van der Waals surface area contributed by atoms with Crippen molar-refractivity contribution in [1.82, 2.24) is 5.32 Å². The lowest BCUT2D eigenvalue weighted by Gasteiger charge is -2.34. The van der Waals surface area contributed by atoms with Crippen molar-refractivity contribution < 1.29 is 9.53 Å². The molecule has 4 nitrogen and oxygen atoms in total. The lowest BCUT2D eigenvalue weighted by molar-refractivity contribution is -0.132. The third-order valence-corrected chi connectivity index (χ3v) is 3.82. The Labute approximate surface area is 113 Å². The SMILES string of the molecule is COc1ccc(C(C)NC(=O)C2(C#N)CCC2)cc1. The molecule has 100 valence electrons. The van der Waals surface area contributed by atoms with Crippen LogP contribution in [0.1, 0.15) is 37.8 Å². The van der Waals surface area contributed by atoms with Crippen molar-refractivity contribution in [1.29, 1.82) is 5.26 Å². The number of nitrogens with one attached hydrogen (secondary N) is 1. The van der Waals surface area contributed by atoms with Gasteiger partial charge in [-0.1, -0.05) is 12.1 Å². The highest BCUT2D eigenvalue weighted by Crippen LogP contribution is 2.40. The molecule has 0 spiro atoms. The summed E-state index contributed by atoms with van der Waals surface area (Å²) in [6.07, 6.45) is 2.30. The van der Waals surface area contributed by atoms with E-state index in [1.165, 1.54) is 0 Å². The topological polar surface area (TPSA) is 62.1 Å². The van der Waals surface area contributed by atoms with Crippen LogP contribution in [0.4, 0.5) is 0 Å². The van der Waals surface area contributed by atoms with Crippen molar-refractivity contribution >= 4 is 5.91 Å². The number of nitrogens with zero attached hydrogens (tertiary/aromatic N) is 1. The summed E-state index contributed by atoms with van der Waals surface area (Å²) in [7, 11) is 1.62. The minimum absolute atomic E-state index is 0.107. The normalized spacial score (nSPS) is 17.7. The van der Waals surface area contributed by atoms with Crippen molar-refractivity contribution in [2.24, 2.45) is 5.41 Å². The van der Waals surface area contributed by atoms with Crippen LogP contribution in [0.15, 0.2) is 24.3 Å². The second kappa shape index (κ2) is 5.31. The smallest absolute Gasteiger partial charge is 0.240 e. The molecule has 1 aliphatic carbocycles. The van der Waals surface area contributed by atoms with E-state index in [2.05, 4.69) is 11.4 Å². The average molecular weight is 258 g/mol. The van der Waals surface area contributed by atoms with Crippen molar-refractivity contribution in [3.05, 3.63) is 29.8 Å². The third kappa shape index (κ3) is 2.55. The van der Waals surface area contributed by atoms with Gasteiger partial charge in [0, 0.05) is 0 Å². The molecule has 1 fully saturated rings. The van der Waals surface area contributed by atoms with E-state index in [1.807, 2.05) is 31.2 Å². The van der Waals surface area contributed by atoms with Gasteiger partial charge in [0.15, 0.2) is 0 Å². The summed E-state index contributed by atoms with van der Waals surface area (Å²) in [4.78, 5) is 12.1. The van der Waals surface area contributed by atoms with Crippen molar-refractivity contribution in [2.45, 2.75) is 32.2 Å². The number of hydrogen-bond acceptors (Lipinski definition) is 3. The number of rotatable bonds is 4. The fourth-order valence-corrected chi connectivity index (χ4v) is 2.23. The van der Waals surface area contributed by atoms with Gasteiger partial charge >= 0.3 is 0 Å². The maximum absolute atomic E-state index is 12.1. The van der Waals surface area contributed by atoms with Gasteiger partial charge < -0.3 is 10.1 Å². The first-order valence-corrected chi connectivity index (χ1v) is 6.47. The standard InChI is InChI=1S/C15H18N2O2/c1-11(12-4-6-13(19-2)7-5-12)17-14(18)15(10-16)8-3-9-15/h4-7,11H,3,8-9H2,1-2H3,(H,17,18). The van der Waals surface area contributed by atoms with E-state index >= 15 is 0 Å². The van der Waals surface area contributed by atoms with E-state index in [9.17, 15) is 4.79 Å². The van der Waals surface area contributed by atoms with Crippen molar-refractivity contribution in [3.63, 3.8) is 0 Å². The predicted octanol–water partition coefficient (Wildman–Crippen LogP) is 2.57. The number of hydrogen-bond donors (Lipinski definition) is 1. The summed E-state index contributed by atoms with van der Waals surface area (Å²) in [6.45, 7) is 1.92. The molecule has 1 unspecified atom stereocenters. The number of benzene rings is 1. The quantitative estimate of drug-likeness (QED) is 0.902. The Hall–Kier alpha value is -2.02. The molecule has 1 saturated carbocycles. The number of amides is 1. The Morgan fingerprint density at radius 2 is 2.05 bits per heavy atom. The number of ether oxygens (including phenoxy) is 1. The Bertz CT molecular complexity index is 498. The first kappa shape index (κ1) is 13.4. The minimum atomic E-state index is -0.791. The van der Waals surface area contributed by atoms with Crippen LogP contribution in [-0.4, -0.2) is 13.0 Å². The van der Waals surface area contributed by atoms with Crippen LogP contribution < -0.4 is 10.1 Å². The monoisotopic (exact) mass is 258 g/mol. The van der Waals surface area contributed by atoms with Gasteiger partial charge in [-0.25, -0.2) is 0 Å². The second-order valence-corrected chi connectivity index (χ2v) is 5.02. The zero-order valence-corrected chi connectivity index (χ0v) is 11.3. The van der Waals surface area contributed by atoms with Gasteiger partial charge in [0.2, 0.25) is 5.91 Å². The second-order valence-electron chi connectivity index (χ2n) is 5.02. The van der Waals surface area contributed by atoms with Crippen LogP contribution in [0.25, 0.3) is 0 Å². The van der Waals surface area contributed by atoms with Crippen LogP contribution in [-0.2, 0) is 4.79 Å².